The molecule has 2 aromatic heterocycles. The molecule has 1 atom stereocenters. The van der Waals surface area contributed by atoms with Crippen molar-refractivity contribution in [2.75, 3.05) is 5.32 Å². The van der Waals surface area contributed by atoms with Crippen LogP contribution in [0.15, 0.2) is 30.3 Å². The SMILES string of the molecule is Cc1cc(C(=O)C2CC(=O)Nc3c2c(C)nn3-c2ccc(C(=O)O)cc2)c(C)s1. The van der Waals surface area contributed by atoms with Crippen LogP contribution >= 0.6 is 11.3 Å². The molecule has 4 rings (SSSR count). The van der Waals surface area contributed by atoms with E-state index in [0.717, 1.165) is 9.75 Å². The first-order valence-electron chi connectivity index (χ1n) is 9.10. The van der Waals surface area contributed by atoms with Crippen molar-refractivity contribution in [3.63, 3.8) is 0 Å². The minimum absolute atomic E-state index is 0.0741. The number of fused-ring (bicyclic) bond motifs is 1. The van der Waals surface area contributed by atoms with Crippen LogP contribution in [0, 0.1) is 20.8 Å². The Hall–Kier alpha value is -3.26. The molecule has 3 heterocycles. The fourth-order valence-corrected chi connectivity index (χ4v) is 4.70. The monoisotopic (exact) mass is 409 g/mol. The van der Waals surface area contributed by atoms with Crippen LogP contribution in [0.3, 0.4) is 0 Å². The van der Waals surface area contributed by atoms with Gasteiger partial charge in [-0.1, -0.05) is 0 Å². The third kappa shape index (κ3) is 3.25. The number of hydrogen-bond acceptors (Lipinski definition) is 5. The van der Waals surface area contributed by atoms with E-state index < -0.39 is 11.9 Å². The van der Waals surface area contributed by atoms with Crippen molar-refractivity contribution in [1.29, 1.82) is 0 Å². The van der Waals surface area contributed by atoms with Crippen molar-refractivity contribution in [3.8, 4) is 5.69 Å². The van der Waals surface area contributed by atoms with Crippen molar-refractivity contribution < 1.29 is 19.5 Å². The largest absolute Gasteiger partial charge is 0.478 e. The molecule has 1 aromatic carbocycles. The van der Waals surface area contributed by atoms with Gasteiger partial charge < -0.3 is 10.4 Å². The number of ketones is 1. The Morgan fingerprint density at radius 3 is 2.48 bits per heavy atom. The van der Waals surface area contributed by atoms with Crippen LogP contribution in [0.2, 0.25) is 0 Å². The number of Topliss-reactive ketones (excluding diaryl/α,β-unsaturated/α-hetero) is 1. The van der Waals surface area contributed by atoms with Gasteiger partial charge in [0.15, 0.2) is 5.78 Å². The predicted octanol–water partition coefficient (Wildman–Crippen LogP) is 3.87. The smallest absolute Gasteiger partial charge is 0.335 e. The maximum absolute atomic E-state index is 13.3. The zero-order chi connectivity index (χ0) is 20.9. The maximum atomic E-state index is 13.3. The number of carbonyl (C=O) groups is 3. The van der Waals surface area contributed by atoms with Crippen molar-refractivity contribution in [3.05, 3.63) is 62.5 Å². The van der Waals surface area contributed by atoms with Gasteiger partial charge in [0, 0.05) is 27.3 Å². The van der Waals surface area contributed by atoms with E-state index in [9.17, 15) is 14.4 Å². The van der Waals surface area contributed by atoms with Crippen LogP contribution in [-0.2, 0) is 4.79 Å². The Morgan fingerprint density at radius 2 is 1.90 bits per heavy atom. The average Bonchev–Trinajstić information content (AvgIpc) is 3.19. The number of nitrogens with zero attached hydrogens (tertiary/aromatic N) is 2. The molecular formula is C21H19N3O4S. The van der Waals surface area contributed by atoms with Gasteiger partial charge >= 0.3 is 5.97 Å². The number of hydrogen-bond donors (Lipinski definition) is 2. The summed E-state index contributed by atoms with van der Waals surface area (Å²) >= 11 is 1.56. The number of nitrogens with one attached hydrogen (secondary N) is 1. The number of rotatable bonds is 4. The topological polar surface area (TPSA) is 101 Å². The molecule has 29 heavy (non-hydrogen) atoms. The van der Waals surface area contributed by atoms with E-state index in [0.29, 0.717) is 28.3 Å². The van der Waals surface area contributed by atoms with Crippen molar-refractivity contribution in [2.45, 2.75) is 33.1 Å². The Kier molecular flexibility index (Phi) is 4.58. The standard InChI is InChI=1S/C21H19N3O4S/c1-10-8-15(12(3)29-10)19(26)16-9-17(25)22-20-18(16)11(2)23-24(20)14-6-4-13(5-7-14)21(27)28/h4-8,16H,9H2,1-3H3,(H,22,25)(H,27,28). The summed E-state index contributed by atoms with van der Waals surface area (Å²) in [4.78, 5) is 38.8. The van der Waals surface area contributed by atoms with Gasteiger partial charge in [-0.25, -0.2) is 9.48 Å². The highest BCUT2D eigenvalue weighted by Crippen LogP contribution is 2.39. The lowest BCUT2D eigenvalue weighted by Gasteiger charge is -2.23. The highest BCUT2D eigenvalue weighted by atomic mass is 32.1. The number of carboxylic acids is 1. The van der Waals surface area contributed by atoms with Crippen LogP contribution in [0.4, 0.5) is 5.82 Å². The Morgan fingerprint density at radius 1 is 1.21 bits per heavy atom. The van der Waals surface area contributed by atoms with E-state index in [2.05, 4.69) is 10.4 Å². The van der Waals surface area contributed by atoms with Crippen molar-refractivity contribution in [2.24, 2.45) is 0 Å². The first kappa shape index (κ1) is 19.1. The molecule has 8 heteroatoms. The second kappa shape index (κ2) is 6.97. The van der Waals surface area contributed by atoms with Crippen LogP contribution < -0.4 is 5.32 Å². The van der Waals surface area contributed by atoms with E-state index >= 15 is 0 Å². The van der Waals surface area contributed by atoms with Gasteiger partial charge in [0.1, 0.15) is 5.82 Å². The Balaban J connectivity index is 1.80. The maximum Gasteiger partial charge on any atom is 0.335 e. The van der Waals surface area contributed by atoms with Gasteiger partial charge in [-0.3, -0.25) is 9.59 Å². The summed E-state index contributed by atoms with van der Waals surface area (Å²) in [6.45, 7) is 5.68. The van der Waals surface area contributed by atoms with E-state index in [4.69, 9.17) is 5.11 Å². The molecule has 0 fully saturated rings. The van der Waals surface area contributed by atoms with Crippen LogP contribution in [0.5, 0.6) is 0 Å². The molecule has 7 nitrogen and oxygen atoms in total. The molecule has 148 valence electrons. The lowest BCUT2D eigenvalue weighted by molar-refractivity contribution is -0.116. The predicted molar refractivity (Wildman–Crippen MR) is 109 cm³/mol. The molecule has 3 aromatic rings. The lowest BCUT2D eigenvalue weighted by Crippen LogP contribution is -2.28. The number of anilines is 1. The number of amides is 1. The highest BCUT2D eigenvalue weighted by molar-refractivity contribution is 7.12. The van der Waals surface area contributed by atoms with E-state index in [-0.39, 0.29) is 23.7 Å². The summed E-state index contributed by atoms with van der Waals surface area (Å²) in [6.07, 6.45) is 0.0741. The lowest BCUT2D eigenvalue weighted by atomic mass is 9.85. The zero-order valence-electron chi connectivity index (χ0n) is 16.1. The quantitative estimate of drug-likeness (QED) is 0.637. The molecule has 1 amide bonds. The summed E-state index contributed by atoms with van der Waals surface area (Å²) in [5.74, 6) is -1.48. The van der Waals surface area contributed by atoms with Gasteiger partial charge in [-0.15, -0.1) is 11.3 Å². The molecule has 0 spiro atoms. The fraction of sp³-hybridized carbons (Fsp3) is 0.238. The number of benzene rings is 1. The minimum Gasteiger partial charge on any atom is -0.478 e. The van der Waals surface area contributed by atoms with Gasteiger partial charge in [0.2, 0.25) is 5.91 Å². The summed E-state index contributed by atoms with van der Waals surface area (Å²) in [5, 5.41) is 16.5. The molecule has 0 saturated heterocycles. The number of aromatic carboxylic acids is 1. The summed E-state index contributed by atoms with van der Waals surface area (Å²) < 4.78 is 1.55. The van der Waals surface area contributed by atoms with Crippen LogP contribution in [-0.4, -0.2) is 32.5 Å². The van der Waals surface area contributed by atoms with Gasteiger partial charge in [-0.05, 0) is 51.1 Å². The van der Waals surface area contributed by atoms with E-state index in [1.807, 2.05) is 26.8 Å². The molecule has 0 saturated carbocycles. The summed E-state index contributed by atoms with van der Waals surface area (Å²) in [6, 6.07) is 8.08. The molecule has 1 unspecified atom stereocenters. The van der Waals surface area contributed by atoms with E-state index in [1.165, 1.54) is 12.1 Å². The molecule has 0 aliphatic carbocycles. The fourth-order valence-electron chi connectivity index (χ4n) is 3.77. The zero-order valence-corrected chi connectivity index (χ0v) is 17.0. The summed E-state index contributed by atoms with van der Waals surface area (Å²) in [5.41, 5.74) is 2.78. The normalized spacial score (nSPS) is 15.7. The van der Waals surface area contributed by atoms with Crippen molar-refractivity contribution >= 4 is 34.8 Å². The molecular weight excluding hydrogens is 390 g/mol. The number of aromatic nitrogens is 2. The number of thiophene rings is 1. The molecule has 0 bridgehead atoms. The number of carboxylic acid groups (broad SMARTS) is 1. The number of aryl methyl sites for hydroxylation is 3. The molecule has 2 N–H and O–H groups in total. The third-order valence-electron chi connectivity index (χ3n) is 5.08. The molecule has 0 radical (unpaired) electrons. The van der Waals surface area contributed by atoms with Gasteiger partial charge in [0.25, 0.3) is 0 Å². The van der Waals surface area contributed by atoms with Crippen LogP contribution in [0.25, 0.3) is 5.69 Å². The van der Waals surface area contributed by atoms with Crippen LogP contribution in [0.1, 0.15) is 54.1 Å². The second-order valence-electron chi connectivity index (χ2n) is 7.11. The molecule has 1 aliphatic heterocycles. The van der Waals surface area contributed by atoms with E-state index in [1.54, 1.807) is 28.2 Å². The molecule has 1 aliphatic rings. The first-order valence-corrected chi connectivity index (χ1v) is 9.92. The third-order valence-corrected chi connectivity index (χ3v) is 6.05. The number of carbonyl (C=O) groups excluding carboxylic acids is 2. The highest BCUT2D eigenvalue weighted by Gasteiger charge is 2.37. The Bertz CT molecular complexity index is 1160. The van der Waals surface area contributed by atoms with Gasteiger partial charge in [-0.2, -0.15) is 5.10 Å². The van der Waals surface area contributed by atoms with Crippen molar-refractivity contribution in [1.82, 2.24) is 9.78 Å². The minimum atomic E-state index is -1.02. The Labute approximate surface area is 171 Å². The average molecular weight is 409 g/mol. The summed E-state index contributed by atoms with van der Waals surface area (Å²) in [7, 11) is 0. The first-order chi connectivity index (χ1) is 13.8. The second-order valence-corrected chi connectivity index (χ2v) is 8.57. The van der Waals surface area contributed by atoms with Gasteiger partial charge in [0.05, 0.1) is 22.9 Å².